The van der Waals surface area contributed by atoms with Gasteiger partial charge in [0.05, 0.1) is 20.3 Å². The highest BCUT2D eigenvalue weighted by molar-refractivity contribution is 5.94. The summed E-state index contributed by atoms with van der Waals surface area (Å²) in [4.78, 5) is 12.1. The molecule has 0 aliphatic carbocycles. The zero-order chi connectivity index (χ0) is 17.4. The van der Waals surface area contributed by atoms with Gasteiger partial charge in [-0.05, 0) is 55.8 Å². The molecule has 0 saturated heterocycles. The van der Waals surface area contributed by atoms with Crippen molar-refractivity contribution >= 4 is 5.91 Å². The fourth-order valence-electron chi connectivity index (χ4n) is 2.20. The van der Waals surface area contributed by atoms with Crippen LogP contribution in [0.1, 0.15) is 22.8 Å². The molecular weight excluding hydrogens is 306 g/mol. The van der Waals surface area contributed by atoms with Crippen molar-refractivity contribution in [1.29, 1.82) is 0 Å². The Morgan fingerprint density at radius 3 is 2.33 bits per heavy atom. The predicted octanol–water partition coefficient (Wildman–Crippen LogP) is 3.21. The highest BCUT2D eigenvalue weighted by Crippen LogP contribution is 2.19. The number of hydrogen-bond donors (Lipinski definition) is 1. The number of benzene rings is 2. The molecule has 0 radical (unpaired) electrons. The van der Waals surface area contributed by atoms with Gasteiger partial charge in [0.2, 0.25) is 0 Å². The van der Waals surface area contributed by atoms with E-state index in [1.54, 1.807) is 19.2 Å². The van der Waals surface area contributed by atoms with Crippen LogP contribution in [0.5, 0.6) is 17.2 Å². The van der Waals surface area contributed by atoms with Crippen molar-refractivity contribution < 1.29 is 19.0 Å². The van der Waals surface area contributed by atoms with Crippen LogP contribution in [0.3, 0.4) is 0 Å². The van der Waals surface area contributed by atoms with Gasteiger partial charge in [0.1, 0.15) is 23.9 Å². The normalized spacial score (nSPS) is 10.1. The van der Waals surface area contributed by atoms with Gasteiger partial charge in [-0.1, -0.05) is 6.07 Å². The summed E-state index contributed by atoms with van der Waals surface area (Å²) in [6.45, 7) is 5.32. The third-order valence-corrected chi connectivity index (χ3v) is 3.46. The first-order valence-corrected chi connectivity index (χ1v) is 7.92. The number of hydrogen-bond acceptors (Lipinski definition) is 4. The van der Waals surface area contributed by atoms with Crippen LogP contribution in [0, 0.1) is 6.92 Å². The average Bonchev–Trinajstić information content (AvgIpc) is 2.60. The summed E-state index contributed by atoms with van der Waals surface area (Å²) in [5.74, 6) is 2.10. The number of carbonyl (C=O) groups is 1. The third-order valence-electron chi connectivity index (χ3n) is 3.46. The molecule has 0 aliphatic heterocycles. The lowest BCUT2D eigenvalue weighted by Crippen LogP contribution is -2.28. The standard InChI is InChI=1S/C19H23NO4/c1-4-23-16-7-9-17(10-8-16)24-12-11-20-19(21)15-6-5-14(2)18(13-15)22-3/h5-10,13H,4,11-12H2,1-3H3,(H,20,21). The minimum atomic E-state index is -0.149. The maximum Gasteiger partial charge on any atom is 0.251 e. The maximum absolute atomic E-state index is 12.1. The summed E-state index contributed by atoms with van der Waals surface area (Å²) in [5.41, 5.74) is 1.56. The Hall–Kier alpha value is -2.69. The molecule has 0 aliphatic rings. The van der Waals surface area contributed by atoms with Crippen molar-refractivity contribution in [2.24, 2.45) is 0 Å². The largest absolute Gasteiger partial charge is 0.496 e. The average molecular weight is 329 g/mol. The number of rotatable bonds is 8. The monoisotopic (exact) mass is 329 g/mol. The van der Waals surface area contributed by atoms with Crippen LogP contribution in [0.4, 0.5) is 0 Å². The summed E-state index contributed by atoms with van der Waals surface area (Å²) in [7, 11) is 1.59. The van der Waals surface area contributed by atoms with Crippen molar-refractivity contribution in [3.05, 3.63) is 53.6 Å². The van der Waals surface area contributed by atoms with Gasteiger partial charge in [-0.3, -0.25) is 4.79 Å². The highest BCUT2D eigenvalue weighted by atomic mass is 16.5. The maximum atomic E-state index is 12.1. The second kappa shape index (κ2) is 8.82. The van der Waals surface area contributed by atoms with E-state index in [0.717, 1.165) is 17.1 Å². The van der Waals surface area contributed by atoms with Gasteiger partial charge in [-0.15, -0.1) is 0 Å². The Labute approximate surface area is 142 Å². The number of amides is 1. The van der Waals surface area contributed by atoms with Gasteiger partial charge in [-0.25, -0.2) is 0 Å². The molecule has 0 unspecified atom stereocenters. The molecule has 1 N–H and O–H groups in total. The smallest absolute Gasteiger partial charge is 0.251 e. The summed E-state index contributed by atoms with van der Waals surface area (Å²) in [6.07, 6.45) is 0. The van der Waals surface area contributed by atoms with Crippen molar-refractivity contribution in [1.82, 2.24) is 5.32 Å². The van der Waals surface area contributed by atoms with Gasteiger partial charge < -0.3 is 19.5 Å². The molecule has 0 spiro atoms. The summed E-state index contributed by atoms with van der Waals surface area (Å²) < 4.78 is 16.2. The van der Waals surface area contributed by atoms with Crippen LogP contribution in [0.2, 0.25) is 0 Å². The first kappa shape index (κ1) is 17.7. The van der Waals surface area contributed by atoms with E-state index in [2.05, 4.69) is 5.32 Å². The Kier molecular flexibility index (Phi) is 6.49. The van der Waals surface area contributed by atoms with Gasteiger partial charge in [0, 0.05) is 5.56 Å². The molecule has 5 nitrogen and oxygen atoms in total. The Morgan fingerprint density at radius 1 is 1.04 bits per heavy atom. The molecule has 2 aromatic rings. The first-order chi connectivity index (χ1) is 11.6. The van der Waals surface area contributed by atoms with E-state index < -0.39 is 0 Å². The minimum absolute atomic E-state index is 0.149. The fraction of sp³-hybridized carbons (Fsp3) is 0.316. The van der Waals surface area contributed by atoms with Crippen molar-refractivity contribution in [3.8, 4) is 17.2 Å². The van der Waals surface area contributed by atoms with Crippen LogP contribution >= 0.6 is 0 Å². The Bertz CT molecular complexity index is 668. The quantitative estimate of drug-likeness (QED) is 0.756. The first-order valence-electron chi connectivity index (χ1n) is 7.92. The van der Waals surface area contributed by atoms with Crippen LogP contribution in [0.25, 0.3) is 0 Å². The zero-order valence-electron chi connectivity index (χ0n) is 14.3. The second-order valence-corrected chi connectivity index (χ2v) is 5.19. The molecule has 0 bridgehead atoms. The molecule has 24 heavy (non-hydrogen) atoms. The van der Waals surface area contributed by atoms with Gasteiger partial charge in [0.25, 0.3) is 5.91 Å². The van der Waals surface area contributed by atoms with E-state index in [9.17, 15) is 4.79 Å². The number of carbonyl (C=O) groups excluding carboxylic acids is 1. The third kappa shape index (κ3) is 4.91. The van der Waals surface area contributed by atoms with Crippen LogP contribution in [0.15, 0.2) is 42.5 Å². The molecular formula is C19H23NO4. The number of aryl methyl sites for hydroxylation is 1. The van der Waals surface area contributed by atoms with Crippen LogP contribution in [-0.4, -0.2) is 32.8 Å². The molecule has 0 fully saturated rings. The summed E-state index contributed by atoms with van der Waals surface area (Å²) >= 11 is 0. The van der Waals surface area contributed by atoms with Crippen molar-refractivity contribution in [3.63, 3.8) is 0 Å². The van der Waals surface area contributed by atoms with Crippen LogP contribution in [-0.2, 0) is 0 Å². The molecule has 0 aromatic heterocycles. The Balaban J connectivity index is 1.78. The van der Waals surface area contributed by atoms with Gasteiger partial charge in [0.15, 0.2) is 0 Å². The Morgan fingerprint density at radius 2 is 1.71 bits per heavy atom. The lowest BCUT2D eigenvalue weighted by atomic mass is 10.1. The van der Waals surface area contributed by atoms with E-state index in [1.165, 1.54) is 0 Å². The number of nitrogens with one attached hydrogen (secondary N) is 1. The van der Waals surface area contributed by atoms with E-state index in [0.29, 0.717) is 31.1 Å². The van der Waals surface area contributed by atoms with E-state index in [1.807, 2.05) is 44.2 Å². The minimum Gasteiger partial charge on any atom is -0.496 e. The fourth-order valence-corrected chi connectivity index (χ4v) is 2.20. The molecule has 2 aromatic carbocycles. The lowest BCUT2D eigenvalue weighted by Gasteiger charge is -2.10. The SMILES string of the molecule is CCOc1ccc(OCCNC(=O)c2ccc(C)c(OC)c2)cc1. The molecule has 0 atom stereocenters. The van der Waals surface area contributed by atoms with Crippen LogP contribution < -0.4 is 19.5 Å². The van der Waals surface area contributed by atoms with Crippen molar-refractivity contribution in [2.75, 3.05) is 26.9 Å². The number of ether oxygens (including phenoxy) is 3. The van der Waals surface area contributed by atoms with Gasteiger partial charge in [-0.2, -0.15) is 0 Å². The van der Waals surface area contributed by atoms with E-state index >= 15 is 0 Å². The molecule has 0 heterocycles. The molecule has 1 amide bonds. The number of methoxy groups -OCH3 is 1. The zero-order valence-corrected chi connectivity index (χ0v) is 14.3. The molecule has 0 saturated carbocycles. The van der Waals surface area contributed by atoms with E-state index in [4.69, 9.17) is 14.2 Å². The lowest BCUT2D eigenvalue weighted by molar-refractivity contribution is 0.0946. The molecule has 5 heteroatoms. The molecule has 2 rings (SSSR count). The second-order valence-electron chi connectivity index (χ2n) is 5.19. The van der Waals surface area contributed by atoms with Crippen molar-refractivity contribution in [2.45, 2.75) is 13.8 Å². The summed E-state index contributed by atoms with van der Waals surface area (Å²) in [6, 6.07) is 12.8. The molecule has 128 valence electrons. The highest BCUT2D eigenvalue weighted by Gasteiger charge is 2.08. The summed E-state index contributed by atoms with van der Waals surface area (Å²) in [5, 5.41) is 2.83. The topological polar surface area (TPSA) is 56.8 Å². The van der Waals surface area contributed by atoms with E-state index in [-0.39, 0.29) is 5.91 Å². The predicted molar refractivity (Wildman–Crippen MR) is 93.2 cm³/mol. The van der Waals surface area contributed by atoms with Gasteiger partial charge >= 0.3 is 0 Å².